The van der Waals surface area contributed by atoms with Crippen LogP contribution in [0, 0.1) is 0 Å². The van der Waals surface area contributed by atoms with Gasteiger partial charge in [-0.15, -0.1) is 0 Å². The Balaban J connectivity index is 0.0000185. The Morgan fingerprint density at radius 2 is 0.909 bits per heavy atom. The van der Waals surface area contributed by atoms with Gasteiger partial charge in [0.25, 0.3) is 0 Å². The molecule has 44 heavy (non-hydrogen) atoms. The molecule has 0 bridgehead atoms. The van der Waals surface area contributed by atoms with E-state index in [0.29, 0.717) is 12.2 Å². The third-order valence-electron chi connectivity index (χ3n) is 8.79. The van der Waals surface area contributed by atoms with E-state index in [2.05, 4.69) is 30.6 Å². The number of carbonyl (C=O) groups is 1. The number of allylic oxidation sites excluding steroid dienone is 2. The highest BCUT2D eigenvalue weighted by Crippen LogP contribution is 2.14. The first kappa shape index (κ1) is 42.6. The predicted molar refractivity (Wildman–Crippen MR) is 187 cm³/mol. The predicted octanol–water partition coefficient (Wildman–Crippen LogP) is 9.65. The third kappa shape index (κ3) is 28.1. The molecule has 0 atom stereocenters. The molecule has 4 heteroatoms. The minimum absolute atomic E-state index is 0. The number of rotatable bonds is 32. The number of aryl methyl sites for hydroxylation is 1. The molecule has 1 aromatic rings. The molecule has 0 saturated carbocycles. The van der Waals surface area contributed by atoms with E-state index in [0.717, 1.165) is 19.4 Å². The van der Waals surface area contributed by atoms with E-state index in [-0.39, 0.29) is 18.4 Å². The van der Waals surface area contributed by atoms with Gasteiger partial charge in [0.15, 0.2) is 12.4 Å². The van der Waals surface area contributed by atoms with Crippen molar-refractivity contribution in [3.05, 3.63) is 42.2 Å². The van der Waals surface area contributed by atoms with Crippen LogP contribution in [0.4, 0.5) is 0 Å². The zero-order valence-electron chi connectivity index (χ0n) is 29.3. The molecule has 256 valence electrons. The lowest BCUT2D eigenvalue weighted by atomic mass is 10.0. The summed E-state index contributed by atoms with van der Waals surface area (Å²) >= 11 is 0. The summed E-state index contributed by atoms with van der Waals surface area (Å²) in [5, 5.41) is 0. The largest absolute Gasteiger partial charge is 1.00 e. The van der Waals surface area contributed by atoms with Crippen LogP contribution in [0.5, 0.6) is 0 Å². The first-order chi connectivity index (χ1) is 21.3. The minimum Gasteiger partial charge on any atom is -1.00 e. The van der Waals surface area contributed by atoms with E-state index in [1.54, 1.807) is 0 Å². The maximum absolute atomic E-state index is 12.4. The quantitative estimate of drug-likeness (QED) is 0.0342. The van der Waals surface area contributed by atoms with Gasteiger partial charge in [-0.1, -0.05) is 161 Å². The van der Waals surface area contributed by atoms with Crippen molar-refractivity contribution in [3.63, 3.8) is 0 Å². The fraction of sp³-hybridized carbons (Fsp3) is 0.800. The van der Waals surface area contributed by atoms with Gasteiger partial charge >= 0.3 is 5.97 Å². The molecule has 0 aliphatic carbocycles. The molecule has 1 rings (SSSR count). The fourth-order valence-electron chi connectivity index (χ4n) is 5.83. The second-order valence-electron chi connectivity index (χ2n) is 13.0. The molecule has 3 nitrogen and oxygen atoms in total. The SMILES string of the molecule is CCCCCCCC/C=C\CCCCCCCC[n+]1ccc(C(=O)OCCCCCCCCCCCCCCCC)cc1.[Cl-]. The summed E-state index contributed by atoms with van der Waals surface area (Å²) < 4.78 is 7.71. The summed E-state index contributed by atoms with van der Waals surface area (Å²) in [6.45, 7) is 6.13. The van der Waals surface area contributed by atoms with Gasteiger partial charge in [0.05, 0.1) is 12.2 Å². The summed E-state index contributed by atoms with van der Waals surface area (Å²) in [6, 6.07) is 3.82. The van der Waals surface area contributed by atoms with Gasteiger partial charge in [-0.25, -0.2) is 9.36 Å². The summed E-state index contributed by atoms with van der Waals surface area (Å²) in [6.07, 6.45) is 46.3. The van der Waals surface area contributed by atoms with Gasteiger partial charge in [-0.05, 0) is 38.5 Å². The Morgan fingerprint density at radius 1 is 0.545 bits per heavy atom. The molecule has 0 N–H and O–H groups in total. The van der Waals surface area contributed by atoms with Crippen molar-refractivity contribution in [3.8, 4) is 0 Å². The van der Waals surface area contributed by atoms with Crippen LogP contribution in [-0.2, 0) is 11.3 Å². The summed E-state index contributed by atoms with van der Waals surface area (Å²) in [7, 11) is 0. The van der Waals surface area contributed by atoms with Gasteiger partial charge in [0.1, 0.15) is 6.54 Å². The van der Waals surface area contributed by atoms with Crippen molar-refractivity contribution in [2.45, 2.75) is 200 Å². The molecule has 0 aliphatic heterocycles. The van der Waals surface area contributed by atoms with Gasteiger partial charge in [0.2, 0.25) is 0 Å². The highest BCUT2D eigenvalue weighted by molar-refractivity contribution is 5.88. The summed E-state index contributed by atoms with van der Waals surface area (Å²) in [4.78, 5) is 12.4. The van der Waals surface area contributed by atoms with Crippen LogP contribution in [0.2, 0.25) is 0 Å². The zero-order valence-corrected chi connectivity index (χ0v) is 30.1. The molecule has 1 heterocycles. The van der Waals surface area contributed by atoms with Gasteiger partial charge in [-0.2, -0.15) is 0 Å². The van der Waals surface area contributed by atoms with Crippen LogP contribution in [-0.4, -0.2) is 12.6 Å². The van der Waals surface area contributed by atoms with Crippen LogP contribution in [0.15, 0.2) is 36.7 Å². The second-order valence-corrected chi connectivity index (χ2v) is 13.0. The average molecular weight is 634 g/mol. The van der Waals surface area contributed by atoms with Crippen LogP contribution >= 0.6 is 0 Å². The summed E-state index contributed by atoms with van der Waals surface area (Å²) in [5.41, 5.74) is 0.669. The number of unbranched alkanes of at least 4 members (excludes halogenated alkanes) is 25. The Bertz CT molecular complexity index is 748. The first-order valence-electron chi connectivity index (χ1n) is 19.1. The van der Waals surface area contributed by atoms with E-state index in [1.165, 1.54) is 167 Å². The van der Waals surface area contributed by atoms with Crippen LogP contribution in [0.1, 0.15) is 204 Å². The van der Waals surface area contributed by atoms with E-state index in [4.69, 9.17) is 4.74 Å². The van der Waals surface area contributed by atoms with Gasteiger partial charge in [0, 0.05) is 18.6 Å². The Hall–Kier alpha value is -1.35. The van der Waals surface area contributed by atoms with Crippen molar-refractivity contribution < 1.29 is 26.5 Å². The highest BCUT2D eigenvalue weighted by Gasteiger charge is 2.09. The highest BCUT2D eigenvalue weighted by atomic mass is 35.5. The topological polar surface area (TPSA) is 30.2 Å². The van der Waals surface area contributed by atoms with Crippen molar-refractivity contribution in [1.29, 1.82) is 0 Å². The fourth-order valence-corrected chi connectivity index (χ4v) is 5.83. The van der Waals surface area contributed by atoms with E-state index < -0.39 is 0 Å². The van der Waals surface area contributed by atoms with E-state index >= 15 is 0 Å². The molecule has 0 aromatic carbocycles. The molecule has 0 spiro atoms. The van der Waals surface area contributed by atoms with Crippen molar-refractivity contribution in [2.24, 2.45) is 0 Å². The molecular weight excluding hydrogens is 562 g/mol. The molecule has 0 saturated heterocycles. The van der Waals surface area contributed by atoms with Crippen molar-refractivity contribution in [1.82, 2.24) is 0 Å². The number of hydrogen-bond acceptors (Lipinski definition) is 2. The average Bonchev–Trinajstić information content (AvgIpc) is 3.03. The van der Waals surface area contributed by atoms with Crippen molar-refractivity contribution >= 4 is 5.97 Å². The maximum atomic E-state index is 12.4. The summed E-state index contributed by atoms with van der Waals surface area (Å²) in [5.74, 6) is -0.181. The number of nitrogens with zero attached hydrogens (tertiary/aromatic N) is 1. The van der Waals surface area contributed by atoms with Crippen LogP contribution in [0.25, 0.3) is 0 Å². The number of ether oxygens (including phenoxy) is 1. The van der Waals surface area contributed by atoms with Gasteiger partial charge < -0.3 is 17.1 Å². The maximum Gasteiger partial charge on any atom is 0.338 e. The number of esters is 1. The number of halogens is 1. The van der Waals surface area contributed by atoms with E-state index in [9.17, 15) is 4.79 Å². The van der Waals surface area contributed by atoms with Gasteiger partial charge in [-0.3, -0.25) is 0 Å². The zero-order chi connectivity index (χ0) is 30.9. The number of aromatic nitrogens is 1. The number of pyridine rings is 1. The monoisotopic (exact) mass is 634 g/mol. The lowest BCUT2D eigenvalue weighted by Gasteiger charge is -2.05. The smallest absolute Gasteiger partial charge is 0.338 e. The molecule has 0 radical (unpaired) electrons. The lowest BCUT2D eigenvalue weighted by Crippen LogP contribution is -3.00. The normalized spacial score (nSPS) is 11.2. The molecule has 0 unspecified atom stereocenters. The molecule has 0 amide bonds. The first-order valence-corrected chi connectivity index (χ1v) is 19.1. The number of carbonyl (C=O) groups excluding carboxylic acids is 1. The molecule has 1 aromatic heterocycles. The second kappa shape index (κ2) is 34.5. The molecular formula is C40H72ClNO2. The van der Waals surface area contributed by atoms with E-state index in [1.807, 2.05) is 24.5 Å². The standard InChI is InChI=1S/C40H72NO2.ClH/c1-3-5-7-9-11-13-15-17-19-20-21-23-25-27-29-31-35-41-36-33-39(34-37-41)40(42)43-38-32-30-28-26-24-22-18-16-14-12-10-8-6-4-2;/h17,19,33-34,36-37H,3-16,18,20-32,35,38H2,1-2H3;1H/q+1;/p-1/b19-17-;. The van der Waals surface area contributed by atoms with Crippen LogP contribution in [0.3, 0.4) is 0 Å². The Kier molecular flexibility index (Phi) is 33.5. The molecule has 0 fully saturated rings. The Labute approximate surface area is 280 Å². The minimum atomic E-state index is -0.181. The lowest BCUT2D eigenvalue weighted by molar-refractivity contribution is -0.697. The molecule has 0 aliphatic rings. The third-order valence-corrected chi connectivity index (χ3v) is 8.79. The van der Waals surface area contributed by atoms with Crippen molar-refractivity contribution in [2.75, 3.05) is 6.61 Å². The number of hydrogen-bond donors (Lipinski definition) is 0. The van der Waals surface area contributed by atoms with Crippen LogP contribution < -0.4 is 17.0 Å². The Morgan fingerprint density at radius 3 is 1.34 bits per heavy atom.